The Morgan fingerprint density at radius 1 is 1.35 bits per heavy atom. The molecular formula is C13H13FN2O3S. The van der Waals surface area contributed by atoms with Crippen molar-refractivity contribution in [2.24, 2.45) is 0 Å². The predicted octanol–water partition coefficient (Wildman–Crippen LogP) is 1.82. The van der Waals surface area contributed by atoms with Crippen LogP contribution in [0, 0.1) is 12.7 Å². The minimum Gasteiger partial charge on any atom is -0.392 e. The normalized spacial score (nSPS) is 11.3. The van der Waals surface area contributed by atoms with Crippen molar-refractivity contribution >= 4 is 15.7 Å². The van der Waals surface area contributed by atoms with Crippen LogP contribution in [0.3, 0.4) is 0 Å². The maximum Gasteiger partial charge on any atom is 0.262 e. The first kappa shape index (κ1) is 14.4. The minimum atomic E-state index is -3.98. The molecule has 2 rings (SSSR count). The van der Waals surface area contributed by atoms with E-state index in [9.17, 15) is 12.8 Å². The number of halogens is 1. The number of hydrogen-bond donors (Lipinski definition) is 2. The number of anilines is 1. The second-order valence-electron chi connectivity index (χ2n) is 4.21. The fraction of sp³-hybridized carbons (Fsp3) is 0.154. The molecule has 7 heteroatoms. The maximum atomic E-state index is 13.2. The molecule has 0 radical (unpaired) electrons. The molecule has 0 fully saturated rings. The summed E-state index contributed by atoms with van der Waals surface area (Å²) in [5, 5.41) is 9.17. The van der Waals surface area contributed by atoms with Crippen molar-refractivity contribution in [1.29, 1.82) is 0 Å². The van der Waals surface area contributed by atoms with Crippen LogP contribution in [0.5, 0.6) is 0 Å². The van der Waals surface area contributed by atoms with E-state index in [2.05, 4.69) is 9.71 Å². The topological polar surface area (TPSA) is 79.3 Å². The van der Waals surface area contributed by atoms with E-state index in [0.717, 1.165) is 12.1 Å². The van der Waals surface area contributed by atoms with Gasteiger partial charge in [0.25, 0.3) is 10.0 Å². The summed E-state index contributed by atoms with van der Waals surface area (Å²) in [4.78, 5) is 3.58. The van der Waals surface area contributed by atoms with E-state index in [1.54, 1.807) is 6.92 Å². The Hall–Kier alpha value is -1.99. The fourth-order valence-corrected chi connectivity index (χ4v) is 3.07. The Morgan fingerprint density at radius 3 is 2.75 bits per heavy atom. The van der Waals surface area contributed by atoms with Crippen LogP contribution in [0.4, 0.5) is 10.1 Å². The number of hydrogen-bond acceptors (Lipinski definition) is 4. The highest BCUT2D eigenvalue weighted by atomic mass is 32.2. The summed E-state index contributed by atoms with van der Waals surface area (Å²) in [5.74, 6) is -0.686. The van der Waals surface area contributed by atoms with Gasteiger partial charge in [-0.3, -0.25) is 9.71 Å². The van der Waals surface area contributed by atoms with E-state index in [-0.39, 0.29) is 10.5 Å². The lowest BCUT2D eigenvalue weighted by Crippen LogP contribution is -2.16. The Bertz CT molecular complexity index is 732. The van der Waals surface area contributed by atoms with E-state index in [1.807, 2.05) is 0 Å². The molecule has 5 nitrogen and oxygen atoms in total. The molecule has 0 atom stereocenters. The molecule has 1 heterocycles. The van der Waals surface area contributed by atoms with Gasteiger partial charge in [-0.05, 0) is 36.2 Å². The number of rotatable bonds is 4. The van der Waals surface area contributed by atoms with Gasteiger partial charge in [0, 0.05) is 12.4 Å². The maximum absolute atomic E-state index is 13.2. The van der Waals surface area contributed by atoms with E-state index in [4.69, 9.17) is 5.11 Å². The van der Waals surface area contributed by atoms with Crippen LogP contribution in [0.2, 0.25) is 0 Å². The summed E-state index contributed by atoms with van der Waals surface area (Å²) in [7, 11) is -3.98. The molecule has 0 aliphatic rings. The number of nitrogens with one attached hydrogen (secondary N) is 1. The highest BCUT2D eigenvalue weighted by Crippen LogP contribution is 2.22. The molecule has 106 valence electrons. The number of nitrogens with zero attached hydrogens (tertiary/aromatic N) is 1. The van der Waals surface area contributed by atoms with E-state index in [1.165, 1.54) is 24.5 Å². The quantitative estimate of drug-likeness (QED) is 0.902. The number of benzene rings is 1. The molecule has 0 aliphatic heterocycles. The van der Waals surface area contributed by atoms with Crippen LogP contribution in [-0.4, -0.2) is 18.5 Å². The zero-order valence-electron chi connectivity index (χ0n) is 10.7. The van der Waals surface area contributed by atoms with Crippen molar-refractivity contribution in [2.45, 2.75) is 18.4 Å². The second kappa shape index (κ2) is 5.56. The average molecular weight is 296 g/mol. The Kier molecular flexibility index (Phi) is 4.01. The van der Waals surface area contributed by atoms with Crippen LogP contribution in [-0.2, 0) is 16.6 Å². The zero-order chi connectivity index (χ0) is 14.8. The molecule has 0 aliphatic carbocycles. The molecule has 0 saturated heterocycles. The summed E-state index contributed by atoms with van der Waals surface area (Å²) < 4.78 is 40.2. The third-order valence-corrected chi connectivity index (χ3v) is 4.20. The van der Waals surface area contributed by atoms with Crippen LogP contribution in [0.25, 0.3) is 0 Å². The number of aryl methyl sites for hydroxylation is 1. The molecule has 0 unspecified atom stereocenters. The summed E-state index contributed by atoms with van der Waals surface area (Å²) in [6.07, 6.45) is 2.96. The molecule has 2 aromatic rings. The molecule has 1 aromatic carbocycles. The molecule has 2 N–H and O–H groups in total. The molecule has 20 heavy (non-hydrogen) atoms. The predicted molar refractivity (Wildman–Crippen MR) is 72.1 cm³/mol. The first-order valence-electron chi connectivity index (χ1n) is 5.77. The standard InChI is InChI=1S/C13H13FN2O3S/c1-9-7-15-5-4-12(9)16-20(18,19)13-6-11(14)3-2-10(13)8-17/h2-7,17H,8H2,1H3,(H,15,16). The highest BCUT2D eigenvalue weighted by Gasteiger charge is 2.20. The van der Waals surface area contributed by atoms with Gasteiger partial charge in [-0.2, -0.15) is 0 Å². The largest absolute Gasteiger partial charge is 0.392 e. The second-order valence-corrected chi connectivity index (χ2v) is 5.86. The van der Waals surface area contributed by atoms with E-state index >= 15 is 0 Å². The summed E-state index contributed by atoms with van der Waals surface area (Å²) in [6.45, 7) is 1.20. The van der Waals surface area contributed by atoms with Crippen LogP contribution >= 0.6 is 0 Å². The van der Waals surface area contributed by atoms with Crippen molar-refractivity contribution in [3.8, 4) is 0 Å². The Balaban J connectivity index is 2.46. The van der Waals surface area contributed by atoms with Gasteiger partial charge in [-0.1, -0.05) is 6.07 Å². The van der Waals surface area contributed by atoms with Gasteiger partial charge in [0.05, 0.1) is 17.2 Å². The van der Waals surface area contributed by atoms with Gasteiger partial charge in [0.2, 0.25) is 0 Å². The summed E-state index contributed by atoms with van der Waals surface area (Å²) >= 11 is 0. The number of aliphatic hydroxyl groups is 1. The first-order chi connectivity index (χ1) is 9.44. The van der Waals surface area contributed by atoms with Crippen molar-refractivity contribution in [3.05, 3.63) is 53.6 Å². The van der Waals surface area contributed by atoms with Crippen LogP contribution in [0.15, 0.2) is 41.6 Å². The number of aliphatic hydroxyl groups excluding tert-OH is 1. The van der Waals surface area contributed by atoms with Gasteiger partial charge in [0.1, 0.15) is 5.82 Å². The van der Waals surface area contributed by atoms with Crippen molar-refractivity contribution in [1.82, 2.24) is 4.98 Å². The van der Waals surface area contributed by atoms with Crippen molar-refractivity contribution < 1.29 is 17.9 Å². The van der Waals surface area contributed by atoms with Gasteiger partial charge < -0.3 is 5.11 Å². The molecule has 0 saturated carbocycles. The third-order valence-electron chi connectivity index (χ3n) is 2.75. The van der Waals surface area contributed by atoms with Crippen molar-refractivity contribution in [2.75, 3.05) is 4.72 Å². The first-order valence-corrected chi connectivity index (χ1v) is 7.25. The monoisotopic (exact) mass is 296 g/mol. The van der Waals surface area contributed by atoms with Gasteiger partial charge in [0.15, 0.2) is 0 Å². The van der Waals surface area contributed by atoms with Crippen molar-refractivity contribution in [3.63, 3.8) is 0 Å². The highest BCUT2D eigenvalue weighted by molar-refractivity contribution is 7.92. The molecule has 0 amide bonds. The van der Waals surface area contributed by atoms with E-state index in [0.29, 0.717) is 11.3 Å². The molecular weight excluding hydrogens is 283 g/mol. The average Bonchev–Trinajstić information content (AvgIpc) is 2.41. The minimum absolute atomic E-state index is 0.130. The summed E-state index contributed by atoms with van der Waals surface area (Å²) in [6, 6.07) is 4.72. The van der Waals surface area contributed by atoms with Crippen LogP contribution < -0.4 is 4.72 Å². The molecule has 0 bridgehead atoms. The van der Waals surface area contributed by atoms with Gasteiger partial charge in [-0.25, -0.2) is 12.8 Å². The summed E-state index contributed by atoms with van der Waals surface area (Å²) in [5.41, 5.74) is 1.12. The lowest BCUT2D eigenvalue weighted by atomic mass is 10.2. The molecule has 1 aromatic heterocycles. The zero-order valence-corrected chi connectivity index (χ0v) is 11.5. The third kappa shape index (κ3) is 2.94. The van der Waals surface area contributed by atoms with Gasteiger partial charge >= 0.3 is 0 Å². The number of sulfonamides is 1. The molecule has 0 spiro atoms. The number of pyridine rings is 1. The lowest BCUT2D eigenvalue weighted by Gasteiger charge is -2.12. The van der Waals surface area contributed by atoms with E-state index < -0.39 is 22.4 Å². The Labute approximate surface area is 116 Å². The van der Waals surface area contributed by atoms with Crippen LogP contribution in [0.1, 0.15) is 11.1 Å². The smallest absolute Gasteiger partial charge is 0.262 e. The number of aromatic nitrogens is 1. The SMILES string of the molecule is Cc1cnccc1NS(=O)(=O)c1cc(F)ccc1CO. The Morgan fingerprint density at radius 2 is 2.10 bits per heavy atom. The van der Waals surface area contributed by atoms with Gasteiger partial charge in [-0.15, -0.1) is 0 Å². The lowest BCUT2D eigenvalue weighted by molar-refractivity contribution is 0.278. The fourth-order valence-electron chi connectivity index (χ4n) is 1.70.